The first-order chi connectivity index (χ1) is 13.2. The average Bonchev–Trinajstić information content (AvgIpc) is 2.60. The van der Waals surface area contributed by atoms with Gasteiger partial charge in [-0.15, -0.1) is 0 Å². The fourth-order valence-corrected chi connectivity index (χ4v) is 3.53. The molecule has 0 bridgehead atoms. The van der Waals surface area contributed by atoms with E-state index in [1.807, 2.05) is 13.1 Å². The molecule has 9 nitrogen and oxygen atoms in total. The molecule has 158 valence electrons. The highest BCUT2D eigenvalue weighted by atomic mass is 16.5. The molecule has 0 heterocycles. The zero-order valence-electron chi connectivity index (χ0n) is 17.1. The molecule has 28 heavy (non-hydrogen) atoms. The number of carbonyl (C=O) groups is 2. The maximum Gasteiger partial charge on any atom is 0.334 e. The Balaban J connectivity index is 3.48. The molecule has 1 unspecified atom stereocenters. The number of nitrogens with zero attached hydrogens (tertiary/aromatic N) is 1. The van der Waals surface area contributed by atoms with Gasteiger partial charge in [-0.1, -0.05) is 6.92 Å². The number of aliphatic hydroxyl groups excluding tert-OH is 2. The van der Waals surface area contributed by atoms with E-state index < -0.39 is 42.5 Å². The third kappa shape index (κ3) is 5.92. The van der Waals surface area contributed by atoms with Gasteiger partial charge in [0, 0.05) is 18.9 Å². The largest absolute Gasteiger partial charge is 0.463 e. The van der Waals surface area contributed by atoms with Crippen molar-refractivity contribution < 1.29 is 29.3 Å². The van der Waals surface area contributed by atoms with Crippen LogP contribution in [0.1, 0.15) is 47.5 Å². The van der Waals surface area contributed by atoms with Crippen LogP contribution >= 0.6 is 0 Å². The van der Waals surface area contributed by atoms with Crippen LogP contribution in [0.2, 0.25) is 0 Å². The normalized spacial score (nSPS) is 25.3. The summed E-state index contributed by atoms with van der Waals surface area (Å²) in [5.41, 5.74) is 0.984. The highest BCUT2D eigenvalue weighted by Crippen LogP contribution is 2.33. The minimum atomic E-state index is -0.994. The van der Waals surface area contributed by atoms with Crippen molar-refractivity contribution in [3.63, 3.8) is 0 Å². The van der Waals surface area contributed by atoms with E-state index in [0.29, 0.717) is 17.6 Å². The Bertz CT molecular complexity index is 618. The minimum absolute atomic E-state index is 0.175. The van der Waals surface area contributed by atoms with Gasteiger partial charge in [0.05, 0.1) is 30.9 Å². The number of esters is 1. The van der Waals surface area contributed by atoms with Crippen LogP contribution in [0.15, 0.2) is 11.1 Å². The van der Waals surface area contributed by atoms with Crippen molar-refractivity contribution in [2.75, 3.05) is 6.61 Å². The Morgan fingerprint density at radius 3 is 2.32 bits per heavy atom. The van der Waals surface area contributed by atoms with E-state index in [1.165, 1.54) is 20.8 Å². The Labute approximate surface area is 165 Å². The molecule has 0 aromatic heterocycles. The predicted octanol–water partition coefficient (Wildman–Crippen LogP) is 0.119. The van der Waals surface area contributed by atoms with E-state index in [-0.39, 0.29) is 18.9 Å². The molecule has 0 aliphatic heterocycles. The molecule has 4 N–H and O–H groups in total. The molecular weight excluding hydrogens is 366 g/mol. The minimum Gasteiger partial charge on any atom is -0.463 e. The van der Waals surface area contributed by atoms with Crippen LogP contribution < -0.4 is 10.6 Å². The summed E-state index contributed by atoms with van der Waals surface area (Å²) in [6.45, 7) is 8.05. The molecular formula is C19H31N3O6. The summed E-state index contributed by atoms with van der Waals surface area (Å²) in [5, 5.41) is 34.6. The monoisotopic (exact) mass is 397 g/mol. The summed E-state index contributed by atoms with van der Waals surface area (Å²) < 4.78 is 11.2. The second kappa shape index (κ2) is 11.0. The lowest BCUT2D eigenvalue weighted by atomic mass is 9.80. The maximum absolute atomic E-state index is 12.5. The van der Waals surface area contributed by atoms with Crippen molar-refractivity contribution in [1.82, 2.24) is 10.6 Å². The fraction of sp³-hybridized carbons (Fsp3) is 0.737. The summed E-state index contributed by atoms with van der Waals surface area (Å²) in [5.74, 6) is -0.839. The van der Waals surface area contributed by atoms with Gasteiger partial charge >= 0.3 is 5.97 Å². The van der Waals surface area contributed by atoms with E-state index in [4.69, 9.17) is 14.7 Å². The highest BCUT2D eigenvalue weighted by molar-refractivity contribution is 5.90. The van der Waals surface area contributed by atoms with Gasteiger partial charge in [-0.05, 0) is 32.8 Å². The topological polar surface area (TPSA) is 141 Å². The van der Waals surface area contributed by atoms with E-state index in [1.54, 1.807) is 6.92 Å². The van der Waals surface area contributed by atoms with Crippen LogP contribution in [0.25, 0.3) is 0 Å². The van der Waals surface area contributed by atoms with E-state index in [9.17, 15) is 19.8 Å². The van der Waals surface area contributed by atoms with Crippen molar-refractivity contribution in [3.8, 4) is 6.19 Å². The Morgan fingerprint density at radius 2 is 1.89 bits per heavy atom. The molecule has 1 aliphatic carbocycles. The molecule has 1 amide bonds. The number of hydrogen-bond acceptors (Lipinski definition) is 8. The smallest absolute Gasteiger partial charge is 0.334 e. The molecule has 0 saturated heterocycles. The summed E-state index contributed by atoms with van der Waals surface area (Å²) in [4.78, 5) is 24.3. The quantitative estimate of drug-likeness (QED) is 0.244. The Kier molecular flexibility index (Phi) is 9.38. The van der Waals surface area contributed by atoms with Crippen LogP contribution in [0.5, 0.6) is 0 Å². The van der Waals surface area contributed by atoms with Gasteiger partial charge in [-0.3, -0.25) is 4.79 Å². The number of nitrogens with one attached hydrogen (secondary N) is 2. The average molecular weight is 397 g/mol. The van der Waals surface area contributed by atoms with Gasteiger partial charge in [0.2, 0.25) is 5.91 Å². The van der Waals surface area contributed by atoms with Gasteiger partial charge in [0.25, 0.3) is 0 Å². The van der Waals surface area contributed by atoms with Gasteiger partial charge in [-0.2, -0.15) is 5.26 Å². The molecule has 0 saturated carbocycles. The first-order valence-corrected chi connectivity index (χ1v) is 9.50. The van der Waals surface area contributed by atoms with Crippen molar-refractivity contribution in [2.45, 2.75) is 84.0 Å². The number of amides is 1. The summed E-state index contributed by atoms with van der Waals surface area (Å²) in [7, 11) is 0. The van der Waals surface area contributed by atoms with Crippen molar-refractivity contribution in [1.29, 1.82) is 5.26 Å². The number of aliphatic hydroxyl groups is 2. The first kappa shape index (κ1) is 23.9. The molecule has 9 heteroatoms. The standard InChI is InChI=1S/C19H31N3O6/c1-6-13-14(19(26)27-7-2)8-15(21-9-20)16(22-12(5)25)18(13)28-17(10(3)23)11(4)24/h10-11,15-18,21,23-24H,6-8H2,1-5H3,(H,22,25)/t10-,11+,15-,16+,17?,18+/m0/s1. The van der Waals surface area contributed by atoms with Crippen LogP contribution in [0, 0.1) is 11.5 Å². The predicted molar refractivity (Wildman–Crippen MR) is 101 cm³/mol. The van der Waals surface area contributed by atoms with Gasteiger partial charge in [0.15, 0.2) is 6.19 Å². The lowest BCUT2D eigenvalue weighted by Gasteiger charge is -2.42. The SMILES string of the molecule is CCOC(=O)C1=C(CC)[C@@H](OC([C@H](C)O)[C@@H](C)O)[C@H](NC(C)=O)[C@@H](NC#N)C1. The molecule has 0 radical (unpaired) electrons. The van der Waals surface area contributed by atoms with Crippen LogP contribution in [-0.2, 0) is 19.1 Å². The number of carbonyl (C=O) groups excluding carboxylic acids is 2. The van der Waals surface area contributed by atoms with Gasteiger partial charge < -0.3 is 30.3 Å². The number of nitriles is 1. The highest BCUT2D eigenvalue weighted by Gasteiger charge is 2.43. The Morgan fingerprint density at radius 1 is 1.29 bits per heavy atom. The molecule has 0 spiro atoms. The summed E-state index contributed by atoms with van der Waals surface area (Å²) >= 11 is 0. The lowest BCUT2D eigenvalue weighted by molar-refractivity contribution is -0.140. The molecule has 6 atom stereocenters. The third-order valence-corrected chi connectivity index (χ3v) is 4.69. The molecule has 0 aromatic carbocycles. The Hall–Kier alpha value is -2.15. The second-order valence-electron chi connectivity index (χ2n) is 6.87. The zero-order chi connectivity index (χ0) is 21.4. The van der Waals surface area contributed by atoms with Crippen molar-refractivity contribution >= 4 is 11.9 Å². The summed E-state index contributed by atoms with van der Waals surface area (Å²) in [6.07, 6.45) is -1.31. The summed E-state index contributed by atoms with van der Waals surface area (Å²) in [6, 6.07) is -1.29. The van der Waals surface area contributed by atoms with Crippen LogP contribution in [-0.4, -0.2) is 65.2 Å². The zero-order valence-corrected chi connectivity index (χ0v) is 17.1. The third-order valence-electron chi connectivity index (χ3n) is 4.69. The molecule has 0 fully saturated rings. The van der Waals surface area contributed by atoms with Gasteiger partial charge in [-0.25, -0.2) is 4.79 Å². The van der Waals surface area contributed by atoms with Crippen LogP contribution in [0.3, 0.4) is 0 Å². The van der Waals surface area contributed by atoms with Gasteiger partial charge in [0.1, 0.15) is 12.2 Å². The van der Waals surface area contributed by atoms with Crippen molar-refractivity contribution in [2.24, 2.45) is 0 Å². The van der Waals surface area contributed by atoms with Crippen molar-refractivity contribution in [3.05, 3.63) is 11.1 Å². The van der Waals surface area contributed by atoms with E-state index in [0.717, 1.165) is 0 Å². The number of rotatable bonds is 9. The fourth-order valence-electron chi connectivity index (χ4n) is 3.53. The molecule has 1 aliphatic rings. The van der Waals surface area contributed by atoms with E-state index >= 15 is 0 Å². The van der Waals surface area contributed by atoms with Crippen LogP contribution in [0.4, 0.5) is 0 Å². The molecule has 0 aromatic rings. The maximum atomic E-state index is 12.5. The first-order valence-electron chi connectivity index (χ1n) is 9.50. The van der Waals surface area contributed by atoms with E-state index in [2.05, 4.69) is 10.6 Å². The second-order valence-corrected chi connectivity index (χ2v) is 6.87. The number of ether oxygens (including phenoxy) is 2. The number of hydrogen-bond donors (Lipinski definition) is 4. The lowest BCUT2D eigenvalue weighted by Crippen LogP contribution is -2.60. The molecule has 1 rings (SSSR count).